The molecule has 2 aromatic rings. The van der Waals surface area contributed by atoms with E-state index in [2.05, 4.69) is 9.97 Å². The number of Topliss-reactive ketones (excluding diaryl/α,β-unsaturated/α-hetero) is 1. The fraction of sp³-hybridized carbons (Fsp3) is 0.182. The van der Waals surface area contributed by atoms with Gasteiger partial charge in [-0.3, -0.25) is 4.79 Å². The highest BCUT2D eigenvalue weighted by Gasteiger charge is 2.10. The van der Waals surface area contributed by atoms with Crippen LogP contribution in [0.4, 0.5) is 5.82 Å². The molecular weight excluding hydrogens is 204 g/mol. The van der Waals surface area contributed by atoms with E-state index in [1.165, 1.54) is 0 Å². The summed E-state index contributed by atoms with van der Waals surface area (Å²) in [7, 11) is 1.79. The van der Waals surface area contributed by atoms with Crippen molar-refractivity contribution < 1.29 is 4.79 Å². The molecule has 0 aliphatic carbocycles. The molecule has 2 heterocycles. The fourth-order valence-corrected chi connectivity index (χ4v) is 1.51. The Morgan fingerprint density at radius 1 is 1.56 bits per heavy atom. The molecule has 0 aliphatic heterocycles. The zero-order valence-electron chi connectivity index (χ0n) is 8.92. The van der Waals surface area contributed by atoms with Crippen molar-refractivity contribution in [2.45, 2.75) is 6.42 Å². The predicted molar refractivity (Wildman–Crippen MR) is 59.9 cm³/mol. The highest BCUT2D eigenvalue weighted by molar-refractivity contribution is 5.95. The summed E-state index contributed by atoms with van der Waals surface area (Å²) in [6.07, 6.45) is 5.08. The number of carbonyl (C=O) groups excluding carboxylic acids is 1. The van der Waals surface area contributed by atoms with Gasteiger partial charge < -0.3 is 10.3 Å². The lowest BCUT2D eigenvalue weighted by Crippen LogP contribution is -2.08. The Hall–Kier alpha value is -2.17. The first-order valence-electron chi connectivity index (χ1n) is 4.87. The normalized spacial score (nSPS) is 10.3. The van der Waals surface area contributed by atoms with Crippen molar-refractivity contribution in [1.82, 2.24) is 14.5 Å². The third-order valence-corrected chi connectivity index (χ3v) is 2.31. The number of ketones is 1. The topological polar surface area (TPSA) is 73.8 Å². The Bertz CT molecular complexity index is 518. The van der Waals surface area contributed by atoms with E-state index >= 15 is 0 Å². The Balaban J connectivity index is 2.17. The summed E-state index contributed by atoms with van der Waals surface area (Å²) in [4.78, 5) is 19.7. The molecular formula is C11H12N4O. The first kappa shape index (κ1) is 10.4. The number of imidazole rings is 1. The van der Waals surface area contributed by atoms with Crippen LogP contribution in [0.2, 0.25) is 0 Å². The maximum Gasteiger partial charge on any atom is 0.185 e. The van der Waals surface area contributed by atoms with Crippen LogP contribution in [-0.4, -0.2) is 20.3 Å². The minimum atomic E-state index is 0.0191. The van der Waals surface area contributed by atoms with Crippen LogP contribution in [0.15, 0.2) is 30.9 Å². The summed E-state index contributed by atoms with van der Waals surface area (Å²) >= 11 is 0. The summed E-state index contributed by atoms with van der Waals surface area (Å²) in [5, 5.41) is 0. The van der Waals surface area contributed by atoms with Crippen LogP contribution >= 0.6 is 0 Å². The number of nitrogens with two attached hydrogens (primary N) is 1. The van der Waals surface area contributed by atoms with E-state index in [0.29, 0.717) is 17.9 Å². The smallest absolute Gasteiger partial charge is 0.185 e. The van der Waals surface area contributed by atoms with Crippen molar-refractivity contribution in [3.63, 3.8) is 0 Å². The van der Waals surface area contributed by atoms with E-state index in [0.717, 1.165) is 5.56 Å². The summed E-state index contributed by atoms with van der Waals surface area (Å²) in [5.41, 5.74) is 7.00. The molecule has 0 unspecified atom stereocenters. The summed E-state index contributed by atoms with van der Waals surface area (Å²) in [6, 6.07) is 3.49. The minimum absolute atomic E-state index is 0.0191. The first-order chi connectivity index (χ1) is 7.66. The number of pyridine rings is 1. The molecule has 0 saturated carbocycles. The monoisotopic (exact) mass is 216 g/mol. The molecule has 0 spiro atoms. The standard InChI is InChI=1S/C11H12N4O/c1-15-7-13-6-9(15)10(16)4-8-2-3-14-11(12)5-8/h2-3,5-7H,4H2,1H3,(H2,12,14). The van der Waals surface area contributed by atoms with E-state index in [9.17, 15) is 4.79 Å². The molecule has 2 N–H and O–H groups in total. The van der Waals surface area contributed by atoms with Gasteiger partial charge >= 0.3 is 0 Å². The largest absolute Gasteiger partial charge is 0.384 e. The van der Waals surface area contributed by atoms with Gasteiger partial charge in [-0.25, -0.2) is 9.97 Å². The molecule has 16 heavy (non-hydrogen) atoms. The Kier molecular flexibility index (Phi) is 2.68. The van der Waals surface area contributed by atoms with Gasteiger partial charge in [-0.1, -0.05) is 0 Å². The molecule has 82 valence electrons. The molecule has 0 radical (unpaired) electrons. The number of carbonyl (C=O) groups is 1. The summed E-state index contributed by atoms with van der Waals surface area (Å²) in [5.74, 6) is 0.445. The van der Waals surface area contributed by atoms with Crippen molar-refractivity contribution in [3.8, 4) is 0 Å². The lowest BCUT2D eigenvalue weighted by molar-refractivity contribution is 0.0985. The van der Waals surface area contributed by atoms with Gasteiger partial charge in [-0.15, -0.1) is 0 Å². The van der Waals surface area contributed by atoms with Gasteiger partial charge in [0.05, 0.1) is 12.5 Å². The van der Waals surface area contributed by atoms with E-state index in [4.69, 9.17) is 5.73 Å². The second-order valence-corrected chi connectivity index (χ2v) is 3.58. The molecule has 2 aromatic heterocycles. The lowest BCUT2D eigenvalue weighted by Gasteiger charge is -2.02. The van der Waals surface area contributed by atoms with Crippen LogP contribution in [0.3, 0.4) is 0 Å². The molecule has 0 bridgehead atoms. The number of anilines is 1. The number of hydrogen-bond donors (Lipinski definition) is 1. The first-order valence-corrected chi connectivity index (χ1v) is 4.87. The van der Waals surface area contributed by atoms with E-state index in [1.807, 2.05) is 0 Å². The molecule has 5 nitrogen and oxygen atoms in total. The zero-order chi connectivity index (χ0) is 11.5. The van der Waals surface area contributed by atoms with Crippen LogP contribution in [0.25, 0.3) is 0 Å². The minimum Gasteiger partial charge on any atom is -0.384 e. The zero-order valence-corrected chi connectivity index (χ0v) is 8.92. The predicted octanol–water partition coefficient (Wildman–Crippen LogP) is 0.823. The number of nitrogen functional groups attached to an aromatic ring is 1. The highest BCUT2D eigenvalue weighted by Crippen LogP contribution is 2.08. The Morgan fingerprint density at radius 2 is 2.38 bits per heavy atom. The van der Waals surface area contributed by atoms with Gasteiger partial charge in [0.15, 0.2) is 5.78 Å². The average Bonchev–Trinajstić information content (AvgIpc) is 2.64. The van der Waals surface area contributed by atoms with Crippen LogP contribution in [0, 0.1) is 0 Å². The van der Waals surface area contributed by atoms with Crippen molar-refractivity contribution in [2.75, 3.05) is 5.73 Å². The summed E-state index contributed by atoms with van der Waals surface area (Å²) in [6.45, 7) is 0. The van der Waals surface area contributed by atoms with Crippen LogP contribution in [0.5, 0.6) is 0 Å². The third kappa shape index (κ3) is 2.08. The Labute approximate surface area is 92.9 Å². The van der Waals surface area contributed by atoms with Gasteiger partial charge in [0, 0.05) is 19.7 Å². The molecule has 2 rings (SSSR count). The summed E-state index contributed by atoms with van der Waals surface area (Å²) < 4.78 is 1.70. The maximum atomic E-state index is 11.9. The van der Waals surface area contributed by atoms with Gasteiger partial charge in [-0.05, 0) is 17.7 Å². The number of aromatic nitrogens is 3. The second-order valence-electron chi connectivity index (χ2n) is 3.58. The molecule has 0 saturated heterocycles. The third-order valence-electron chi connectivity index (χ3n) is 2.31. The number of aryl methyl sites for hydroxylation is 1. The maximum absolute atomic E-state index is 11.9. The molecule has 0 aromatic carbocycles. The van der Waals surface area contributed by atoms with Gasteiger partial charge in [-0.2, -0.15) is 0 Å². The van der Waals surface area contributed by atoms with E-state index in [-0.39, 0.29) is 5.78 Å². The quantitative estimate of drug-likeness (QED) is 0.771. The molecule has 5 heteroatoms. The number of hydrogen-bond acceptors (Lipinski definition) is 4. The molecule has 0 fully saturated rings. The van der Waals surface area contributed by atoms with Gasteiger partial charge in [0.1, 0.15) is 11.5 Å². The van der Waals surface area contributed by atoms with Crippen LogP contribution in [0.1, 0.15) is 16.1 Å². The van der Waals surface area contributed by atoms with Crippen LogP contribution < -0.4 is 5.73 Å². The highest BCUT2D eigenvalue weighted by atomic mass is 16.1. The van der Waals surface area contributed by atoms with Crippen molar-refractivity contribution in [1.29, 1.82) is 0 Å². The van der Waals surface area contributed by atoms with Crippen molar-refractivity contribution >= 4 is 11.6 Å². The van der Waals surface area contributed by atoms with Crippen LogP contribution in [-0.2, 0) is 13.5 Å². The van der Waals surface area contributed by atoms with E-state index in [1.54, 1.807) is 42.5 Å². The van der Waals surface area contributed by atoms with Crippen molar-refractivity contribution in [2.24, 2.45) is 7.05 Å². The molecule has 0 aliphatic rings. The van der Waals surface area contributed by atoms with Gasteiger partial charge in [0.2, 0.25) is 0 Å². The number of rotatable bonds is 3. The SMILES string of the molecule is Cn1cncc1C(=O)Cc1ccnc(N)c1. The fourth-order valence-electron chi connectivity index (χ4n) is 1.51. The van der Waals surface area contributed by atoms with Gasteiger partial charge in [0.25, 0.3) is 0 Å². The lowest BCUT2D eigenvalue weighted by atomic mass is 10.1. The Morgan fingerprint density at radius 3 is 3.00 bits per heavy atom. The average molecular weight is 216 g/mol. The van der Waals surface area contributed by atoms with Crippen molar-refractivity contribution in [3.05, 3.63) is 42.1 Å². The second kappa shape index (κ2) is 4.14. The van der Waals surface area contributed by atoms with E-state index < -0.39 is 0 Å². The molecule has 0 atom stereocenters. The molecule has 0 amide bonds. The number of nitrogens with zero attached hydrogens (tertiary/aromatic N) is 3.